The van der Waals surface area contributed by atoms with Crippen LogP contribution in [0.1, 0.15) is 29.2 Å². The normalized spacial score (nSPS) is 12.5. The second-order valence-corrected chi connectivity index (χ2v) is 5.84. The van der Waals surface area contributed by atoms with Crippen LogP contribution < -0.4 is 0 Å². The van der Waals surface area contributed by atoms with Gasteiger partial charge in [0.05, 0.1) is 18.4 Å². The summed E-state index contributed by atoms with van der Waals surface area (Å²) in [6, 6.07) is 11.8. The van der Waals surface area contributed by atoms with Crippen LogP contribution in [0.5, 0.6) is 0 Å². The lowest BCUT2D eigenvalue weighted by molar-refractivity contribution is -0.137. The van der Waals surface area contributed by atoms with E-state index in [0.29, 0.717) is 22.4 Å². The van der Waals surface area contributed by atoms with Crippen molar-refractivity contribution in [3.05, 3.63) is 70.8 Å². The molecule has 0 heterocycles. The van der Waals surface area contributed by atoms with Gasteiger partial charge < -0.3 is 14.4 Å². The maximum atomic E-state index is 12.9. The van der Waals surface area contributed by atoms with Crippen LogP contribution in [0.2, 0.25) is 0 Å². The Bertz CT molecular complexity index is 924. The predicted molar refractivity (Wildman–Crippen MR) is 103 cm³/mol. The van der Waals surface area contributed by atoms with Gasteiger partial charge in [-0.25, -0.2) is 0 Å². The SMILES string of the molecule is CO/N=C(/C(=N)OC)c1ccccc1CON=C(C)c1cccc(C(F)(F)F)c1. The van der Waals surface area contributed by atoms with Crippen LogP contribution >= 0.6 is 0 Å². The molecule has 6 nitrogen and oxygen atoms in total. The molecule has 29 heavy (non-hydrogen) atoms. The largest absolute Gasteiger partial charge is 0.480 e. The van der Waals surface area contributed by atoms with Crippen LogP contribution in [-0.2, 0) is 27.2 Å². The Morgan fingerprint density at radius 2 is 1.76 bits per heavy atom. The van der Waals surface area contributed by atoms with Gasteiger partial charge in [-0.1, -0.05) is 46.7 Å². The smallest absolute Gasteiger partial charge is 0.416 e. The monoisotopic (exact) mass is 407 g/mol. The molecular weight excluding hydrogens is 387 g/mol. The first-order valence-corrected chi connectivity index (χ1v) is 8.44. The van der Waals surface area contributed by atoms with E-state index in [0.717, 1.165) is 12.1 Å². The fourth-order valence-corrected chi connectivity index (χ4v) is 2.45. The summed E-state index contributed by atoms with van der Waals surface area (Å²) in [6.07, 6.45) is -4.43. The highest BCUT2D eigenvalue weighted by molar-refractivity contribution is 6.44. The van der Waals surface area contributed by atoms with Crippen molar-refractivity contribution in [2.24, 2.45) is 10.3 Å². The molecule has 0 aliphatic rings. The molecule has 2 rings (SSSR count). The summed E-state index contributed by atoms with van der Waals surface area (Å²) in [4.78, 5) is 10.1. The second kappa shape index (κ2) is 9.72. The molecule has 2 aromatic carbocycles. The molecule has 0 unspecified atom stereocenters. The number of ether oxygens (including phenoxy) is 1. The lowest BCUT2D eigenvalue weighted by atomic mass is 10.0. The van der Waals surface area contributed by atoms with E-state index in [1.165, 1.54) is 26.4 Å². The molecule has 9 heteroatoms. The summed E-state index contributed by atoms with van der Waals surface area (Å²) in [5, 5.41) is 15.6. The molecule has 0 saturated heterocycles. The van der Waals surface area contributed by atoms with Crippen molar-refractivity contribution >= 4 is 17.3 Å². The van der Waals surface area contributed by atoms with E-state index in [-0.39, 0.29) is 18.2 Å². The number of nitrogens with one attached hydrogen (secondary N) is 1. The van der Waals surface area contributed by atoms with E-state index in [4.69, 9.17) is 19.8 Å². The highest BCUT2D eigenvalue weighted by Crippen LogP contribution is 2.29. The molecular formula is C20H20F3N3O3. The van der Waals surface area contributed by atoms with Gasteiger partial charge in [-0.3, -0.25) is 5.41 Å². The van der Waals surface area contributed by atoms with Crippen LogP contribution in [-0.4, -0.2) is 31.5 Å². The molecule has 0 fully saturated rings. The van der Waals surface area contributed by atoms with Crippen LogP contribution in [0.25, 0.3) is 0 Å². The summed E-state index contributed by atoms with van der Waals surface area (Å²) in [5.74, 6) is -0.192. The number of oxime groups is 2. The molecule has 0 atom stereocenters. The molecule has 0 aliphatic carbocycles. The first-order valence-electron chi connectivity index (χ1n) is 8.44. The van der Waals surface area contributed by atoms with Gasteiger partial charge in [-0.15, -0.1) is 0 Å². The van der Waals surface area contributed by atoms with Crippen molar-refractivity contribution < 1.29 is 27.6 Å². The highest BCUT2D eigenvalue weighted by atomic mass is 19.4. The first-order chi connectivity index (χ1) is 13.8. The third kappa shape index (κ3) is 5.81. The Morgan fingerprint density at radius 3 is 2.41 bits per heavy atom. The summed E-state index contributed by atoms with van der Waals surface area (Å²) < 4.78 is 43.5. The molecule has 2 aromatic rings. The van der Waals surface area contributed by atoms with Gasteiger partial charge in [0.25, 0.3) is 0 Å². The molecule has 0 radical (unpaired) electrons. The summed E-state index contributed by atoms with van der Waals surface area (Å²) >= 11 is 0. The van der Waals surface area contributed by atoms with Gasteiger partial charge in [-0.2, -0.15) is 13.2 Å². The minimum atomic E-state index is -4.43. The maximum Gasteiger partial charge on any atom is 0.416 e. The van der Waals surface area contributed by atoms with Gasteiger partial charge in [-0.05, 0) is 24.6 Å². The quantitative estimate of drug-likeness (QED) is 0.413. The topological polar surface area (TPSA) is 76.3 Å². The Labute approximate surface area is 166 Å². The van der Waals surface area contributed by atoms with Gasteiger partial charge in [0.1, 0.15) is 13.7 Å². The number of hydrogen-bond donors (Lipinski definition) is 1. The Hall–Kier alpha value is -3.36. The van der Waals surface area contributed by atoms with Crippen molar-refractivity contribution in [1.82, 2.24) is 0 Å². The van der Waals surface area contributed by atoms with Crippen molar-refractivity contribution in [2.45, 2.75) is 19.7 Å². The maximum absolute atomic E-state index is 12.9. The number of methoxy groups -OCH3 is 1. The van der Waals surface area contributed by atoms with Gasteiger partial charge >= 0.3 is 6.18 Å². The number of nitrogens with zero attached hydrogens (tertiary/aromatic N) is 2. The summed E-state index contributed by atoms with van der Waals surface area (Å²) in [5.41, 5.74) is 1.21. The second-order valence-electron chi connectivity index (χ2n) is 5.84. The average Bonchev–Trinajstić information content (AvgIpc) is 2.71. The highest BCUT2D eigenvalue weighted by Gasteiger charge is 2.30. The van der Waals surface area contributed by atoms with Gasteiger partial charge in [0, 0.05) is 11.1 Å². The average molecular weight is 407 g/mol. The fourth-order valence-electron chi connectivity index (χ4n) is 2.45. The number of rotatable bonds is 7. The molecule has 154 valence electrons. The third-order valence-corrected chi connectivity index (χ3v) is 3.90. The zero-order chi connectivity index (χ0) is 21.4. The lowest BCUT2D eigenvalue weighted by Crippen LogP contribution is -2.18. The van der Waals surface area contributed by atoms with Crippen LogP contribution in [0.4, 0.5) is 13.2 Å². The summed E-state index contributed by atoms with van der Waals surface area (Å²) in [6.45, 7) is 1.56. The van der Waals surface area contributed by atoms with E-state index >= 15 is 0 Å². The molecule has 0 bridgehead atoms. The zero-order valence-corrected chi connectivity index (χ0v) is 16.1. The van der Waals surface area contributed by atoms with E-state index in [1.807, 2.05) is 0 Å². The van der Waals surface area contributed by atoms with Crippen molar-refractivity contribution in [2.75, 3.05) is 14.2 Å². The molecule has 0 spiro atoms. The van der Waals surface area contributed by atoms with Crippen LogP contribution in [0.15, 0.2) is 58.8 Å². The third-order valence-electron chi connectivity index (χ3n) is 3.90. The van der Waals surface area contributed by atoms with Crippen LogP contribution in [0.3, 0.4) is 0 Å². The van der Waals surface area contributed by atoms with E-state index in [1.54, 1.807) is 31.2 Å². The summed E-state index contributed by atoms with van der Waals surface area (Å²) in [7, 11) is 2.69. The lowest BCUT2D eigenvalue weighted by Gasteiger charge is -2.11. The standard InChI is InChI=1S/C20H20F3N3O3/c1-13(14-8-6-9-16(11-14)20(21,22)23)25-29-12-15-7-4-5-10-17(15)18(26-28-3)19(24)27-2/h4-11,24H,12H2,1-3H3/b24-19?,25-13?,26-18+. The Morgan fingerprint density at radius 1 is 1.03 bits per heavy atom. The molecule has 0 aliphatic heterocycles. The van der Waals surface area contributed by atoms with Crippen LogP contribution in [0, 0.1) is 5.41 Å². The number of benzene rings is 2. The van der Waals surface area contributed by atoms with E-state index < -0.39 is 11.7 Å². The molecule has 0 amide bonds. The number of halogens is 3. The minimum Gasteiger partial charge on any atom is -0.480 e. The predicted octanol–water partition coefficient (Wildman–Crippen LogP) is 4.62. The van der Waals surface area contributed by atoms with Gasteiger partial charge in [0.2, 0.25) is 5.90 Å². The molecule has 0 saturated carbocycles. The van der Waals surface area contributed by atoms with Crippen molar-refractivity contribution in [3.63, 3.8) is 0 Å². The Kier molecular flexibility index (Phi) is 7.35. The molecule has 1 N–H and O–H groups in total. The van der Waals surface area contributed by atoms with E-state index in [9.17, 15) is 13.2 Å². The molecule has 0 aromatic heterocycles. The first kappa shape index (κ1) is 21.9. The minimum absolute atomic E-state index is 0.00615. The number of hydrogen-bond acceptors (Lipinski definition) is 6. The Balaban J connectivity index is 2.21. The van der Waals surface area contributed by atoms with Crippen molar-refractivity contribution in [1.29, 1.82) is 5.41 Å². The fraction of sp³-hybridized carbons (Fsp3) is 0.250. The zero-order valence-electron chi connectivity index (χ0n) is 16.1. The van der Waals surface area contributed by atoms with Gasteiger partial charge in [0.15, 0.2) is 5.71 Å². The number of alkyl halides is 3. The van der Waals surface area contributed by atoms with Crippen molar-refractivity contribution in [3.8, 4) is 0 Å². The van der Waals surface area contributed by atoms with E-state index in [2.05, 4.69) is 10.3 Å².